The number of carboxylic acids is 1. The van der Waals surface area contributed by atoms with Crippen molar-refractivity contribution in [3.63, 3.8) is 0 Å². The highest BCUT2D eigenvalue weighted by molar-refractivity contribution is 6.32. The fraction of sp³-hybridized carbons (Fsp3) is 0.238. The van der Waals surface area contributed by atoms with Gasteiger partial charge in [-0.2, -0.15) is 18.3 Å². The number of amides is 2. The number of alkyl halides is 3. The molecule has 33 heavy (non-hydrogen) atoms. The maximum atomic E-state index is 13.2. The van der Waals surface area contributed by atoms with Crippen molar-refractivity contribution in [2.75, 3.05) is 6.54 Å². The minimum absolute atomic E-state index is 0.0721. The predicted molar refractivity (Wildman–Crippen MR) is 113 cm³/mol. The van der Waals surface area contributed by atoms with Gasteiger partial charge in [-0.05, 0) is 30.2 Å². The van der Waals surface area contributed by atoms with Crippen LogP contribution in [0.4, 0.5) is 13.2 Å². The molecule has 1 unspecified atom stereocenters. The van der Waals surface area contributed by atoms with Gasteiger partial charge in [0.1, 0.15) is 0 Å². The number of nitrogens with one attached hydrogen (secondary N) is 3. The second-order valence-electron chi connectivity index (χ2n) is 7.11. The lowest BCUT2D eigenvalue weighted by Gasteiger charge is -2.22. The number of rotatable bonds is 8. The highest BCUT2D eigenvalue weighted by atomic mass is 35.5. The van der Waals surface area contributed by atoms with Gasteiger partial charge in [-0.25, -0.2) is 0 Å². The average Bonchev–Trinajstić information content (AvgIpc) is 3.22. The number of aromatic amines is 1. The number of hydrogen-bond donors (Lipinski definition) is 4. The summed E-state index contributed by atoms with van der Waals surface area (Å²) in [6.45, 7) is -0.486. The molecule has 2 amide bonds. The topological polar surface area (TPSA) is 124 Å². The summed E-state index contributed by atoms with van der Waals surface area (Å²) in [5, 5.41) is 20.6. The van der Waals surface area contributed by atoms with Crippen molar-refractivity contribution in [1.29, 1.82) is 0 Å². The van der Waals surface area contributed by atoms with E-state index in [1.54, 1.807) is 24.4 Å². The zero-order valence-electron chi connectivity index (χ0n) is 16.9. The Hall–Kier alpha value is -3.60. The molecule has 0 aliphatic heterocycles. The molecule has 2 aromatic carbocycles. The van der Waals surface area contributed by atoms with E-state index in [4.69, 9.17) is 16.7 Å². The largest absolute Gasteiger partial charge is 0.481 e. The molecule has 0 fully saturated rings. The fourth-order valence-corrected chi connectivity index (χ4v) is 3.56. The van der Waals surface area contributed by atoms with E-state index in [1.807, 2.05) is 0 Å². The van der Waals surface area contributed by atoms with Crippen LogP contribution < -0.4 is 10.6 Å². The quantitative estimate of drug-likeness (QED) is 0.390. The molecule has 1 heterocycles. The van der Waals surface area contributed by atoms with Crippen LogP contribution in [-0.4, -0.2) is 39.6 Å². The van der Waals surface area contributed by atoms with Crippen LogP contribution in [0, 0.1) is 0 Å². The first-order chi connectivity index (χ1) is 15.6. The molecule has 8 nitrogen and oxygen atoms in total. The van der Waals surface area contributed by atoms with E-state index in [1.165, 1.54) is 6.07 Å². The fourth-order valence-electron chi connectivity index (χ4n) is 3.20. The van der Waals surface area contributed by atoms with Crippen LogP contribution in [0.15, 0.2) is 42.6 Å². The molecule has 174 valence electrons. The summed E-state index contributed by atoms with van der Waals surface area (Å²) in [6, 6.07) is 6.85. The van der Waals surface area contributed by atoms with Gasteiger partial charge in [0.05, 0.1) is 34.9 Å². The van der Waals surface area contributed by atoms with Gasteiger partial charge in [0.15, 0.2) is 0 Å². The molecule has 1 atom stereocenters. The zero-order valence-corrected chi connectivity index (χ0v) is 17.6. The van der Waals surface area contributed by atoms with Gasteiger partial charge < -0.3 is 15.7 Å². The monoisotopic (exact) mass is 482 g/mol. The van der Waals surface area contributed by atoms with Crippen molar-refractivity contribution in [3.8, 4) is 0 Å². The van der Waals surface area contributed by atoms with E-state index >= 15 is 0 Å². The van der Waals surface area contributed by atoms with Crippen LogP contribution in [0.3, 0.4) is 0 Å². The number of halogens is 4. The lowest BCUT2D eigenvalue weighted by atomic mass is 9.99. The smallest absolute Gasteiger partial charge is 0.417 e. The minimum Gasteiger partial charge on any atom is -0.481 e. The number of H-pyrrole nitrogens is 1. The van der Waals surface area contributed by atoms with Crippen molar-refractivity contribution in [2.24, 2.45) is 0 Å². The van der Waals surface area contributed by atoms with Crippen molar-refractivity contribution in [3.05, 3.63) is 64.3 Å². The number of carbonyl (C=O) groups excluding carboxylic acids is 2. The third-order valence-corrected chi connectivity index (χ3v) is 5.23. The van der Waals surface area contributed by atoms with E-state index in [0.29, 0.717) is 5.52 Å². The third kappa shape index (κ3) is 6.01. The second-order valence-corrected chi connectivity index (χ2v) is 7.49. The van der Waals surface area contributed by atoms with E-state index in [2.05, 4.69) is 20.8 Å². The lowest BCUT2D eigenvalue weighted by Crippen LogP contribution is -2.39. The van der Waals surface area contributed by atoms with Gasteiger partial charge in [0, 0.05) is 17.4 Å². The molecule has 4 N–H and O–H groups in total. The molecule has 0 spiro atoms. The van der Waals surface area contributed by atoms with Gasteiger partial charge in [0.2, 0.25) is 5.91 Å². The molecule has 3 rings (SSSR count). The van der Waals surface area contributed by atoms with Crippen molar-refractivity contribution in [2.45, 2.75) is 25.1 Å². The first kappa shape index (κ1) is 24.1. The van der Waals surface area contributed by atoms with E-state index in [9.17, 15) is 27.6 Å². The standard InChI is InChI=1S/C21H18ClF3N4O4/c22-19-13(2-1-3-14(19)21(23,24)25)15(6-7-18(31)32)28-17(30)10-26-20(33)11-4-5-12-9-27-29-16(12)8-11/h1-5,8-9,15H,6-7,10H2,(H,26,33)(H,27,29)(H,28,30)(H,31,32). The maximum absolute atomic E-state index is 13.2. The van der Waals surface area contributed by atoms with Crippen LogP contribution in [0.1, 0.15) is 40.4 Å². The first-order valence-electron chi connectivity index (χ1n) is 9.64. The Labute approximate surface area is 190 Å². The summed E-state index contributed by atoms with van der Waals surface area (Å²) < 4.78 is 39.6. The molecule has 0 saturated carbocycles. The summed E-state index contributed by atoms with van der Waals surface area (Å²) >= 11 is 5.94. The maximum Gasteiger partial charge on any atom is 0.417 e. The number of carbonyl (C=O) groups is 3. The van der Waals surface area contributed by atoms with E-state index in [0.717, 1.165) is 17.5 Å². The number of hydrogen-bond acceptors (Lipinski definition) is 4. The molecule has 0 saturated heterocycles. The van der Waals surface area contributed by atoms with Gasteiger partial charge in [-0.15, -0.1) is 0 Å². The minimum atomic E-state index is -4.72. The molecule has 3 aromatic rings. The van der Waals surface area contributed by atoms with E-state index in [-0.39, 0.29) is 17.5 Å². The summed E-state index contributed by atoms with van der Waals surface area (Å²) in [7, 11) is 0. The molecule has 12 heteroatoms. The van der Waals surface area contributed by atoms with Crippen LogP contribution >= 0.6 is 11.6 Å². The Morgan fingerprint density at radius 2 is 1.94 bits per heavy atom. The van der Waals surface area contributed by atoms with Gasteiger partial charge in [-0.3, -0.25) is 19.5 Å². The lowest BCUT2D eigenvalue weighted by molar-refractivity contribution is -0.138. The molecule has 0 radical (unpaired) electrons. The Morgan fingerprint density at radius 1 is 1.18 bits per heavy atom. The van der Waals surface area contributed by atoms with Gasteiger partial charge >= 0.3 is 12.1 Å². The summed E-state index contributed by atoms with van der Waals surface area (Å²) in [6.07, 6.45) is -3.76. The Morgan fingerprint density at radius 3 is 2.64 bits per heavy atom. The second kappa shape index (κ2) is 9.90. The number of benzene rings is 2. The zero-order chi connectivity index (χ0) is 24.2. The highest BCUT2D eigenvalue weighted by Gasteiger charge is 2.35. The Bertz CT molecular complexity index is 1200. The molecular formula is C21H18ClF3N4O4. The van der Waals surface area contributed by atoms with Crippen LogP contribution in [-0.2, 0) is 15.8 Å². The predicted octanol–water partition coefficient (Wildman–Crippen LogP) is 3.69. The number of fused-ring (bicyclic) bond motifs is 1. The number of nitrogens with zero attached hydrogens (tertiary/aromatic N) is 1. The summed E-state index contributed by atoms with van der Waals surface area (Å²) in [4.78, 5) is 35.7. The SMILES string of the molecule is O=C(O)CCC(NC(=O)CNC(=O)c1ccc2cn[nH]c2c1)c1cccc(C(F)(F)F)c1Cl. The molecule has 0 aliphatic rings. The number of carboxylic acid groups (broad SMARTS) is 1. The van der Waals surface area contributed by atoms with Crippen LogP contribution in [0.2, 0.25) is 5.02 Å². The third-order valence-electron chi connectivity index (χ3n) is 4.81. The number of aromatic nitrogens is 2. The highest BCUT2D eigenvalue weighted by Crippen LogP contribution is 2.38. The molecular weight excluding hydrogens is 465 g/mol. The van der Waals surface area contributed by atoms with Crippen LogP contribution in [0.25, 0.3) is 10.9 Å². The summed E-state index contributed by atoms with van der Waals surface area (Å²) in [5.41, 5.74) is -0.279. The summed E-state index contributed by atoms with van der Waals surface area (Å²) in [5.74, 6) is -2.48. The van der Waals surface area contributed by atoms with Crippen molar-refractivity contribution in [1.82, 2.24) is 20.8 Å². The van der Waals surface area contributed by atoms with Crippen molar-refractivity contribution < 1.29 is 32.7 Å². The van der Waals surface area contributed by atoms with Gasteiger partial charge in [0.25, 0.3) is 5.91 Å². The molecule has 0 aliphatic carbocycles. The average molecular weight is 483 g/mol. The van der Waals surface area contributed by atoms with E-state index < -0.39 is 53.6 Å². The van der Waals surface area contributed by atoms with Gasteiger partial charge in [-0.1, -0.05) is 29.8 Å². The first-order valence-corrected chi connectivity index (χ1v) is 10.0. The number of aliphatic carboxylic acids is 1. The molecule has 1 aromatic heterocycles. The Kier molecular flexibility index (Phi) is 7.22. The van der Waals surface area contributed by atoms with Crippen LogP contribution in [0.5, 0.6) is 0 Å². The Balaban J connectivity index is 1.71. The normalized spacial score (nSPS) is 12.4. The van der Waals surface area contributed by atoms with Crippen molar-refractivity contribution >= 4 is 40.3 Å². The molecule has 0 bridgehead atoms.